The number of piperidine rings is 1. The fourth-order valence-corrected chi connectivity index (χ4v) is 6.53. The third-order valence-electron chi connectivity index (χ3n) is 8.90. The topological polar surface area (TPSA) is 87.2 Å². The van der Waals surface area contributed by atoms with Gasteiger partial charge in [0.1, 0.15) is 6.10 Å². The van der Waals surface area contributed by atoms with E-state index < -0.39 is 0 Å². The smallest absolute Gasteiger partial charge is 0.310 e. The van der Waals surface area contributed by atoms with Crippen LogP contribution in [0.2, 0.25) is 0 Å². The molecule has 3 aromatic heterocycles. The number of nitrogens with one attached hydrogen (secondary N) is 1. The molecule has 2 saturated heterocycles. The van der Waals surface area contributed by atoms with Gasteiger partial charge in [0.2, 0.25) is 0 Å². The first-order valence-corrected chi connectivity index (χ1v) is 15.6. The maximum absolute atomic E-state index is 12.9. The van der Waals surface area contributed by atoms with Crippen LogP contribution in [0.5, 0.6) is 0 Å². The molecule has 2 atom stereocenters. The number of rotatable bonds is 7. The summed E-state index contributed by atoms with van der Waals surface area (Å²) >= 11 is 0. The highest BCUT2D eigenvalue weighted by Gasteiger charge is 2.30. The quantitative estimate of drug-likeness (QED) is 0.230. The molecule has 2 aliphatic heterocycles. The lowest BCUT2D eigenvalue weighted by atomic mass is 9.97. The molecule has 0 aliphatic carbocycles. The van der Waals surface area contributed by atoms with Crippen LogP contribution >= 0.6 is 0 Å². The van der Waals surface area contributed by atoms with Crippen LogP contribution in [0.25, 0.3) is 44.7 Å². The number of aromatic amines is 1. The first-order chi connectivity index (χ1) is 21.5. The van der Waals surface area contributed by atoms with Crippen LogP contribution < -0.4 is 0 Å². The number of carbonyl (C=O) groups excluding carboxylic acids is 1. The van der Waals surface area contributed by atoms with Gasteiger partial charge in [0.15, 0.2) is 0 Å². The van der Waals surface area contributed by atoms with Gasteiger partial charge in [-0.3, -0.25) is 19.7 Å². The molecule has 8 heteroatoms. The number of fused-ring (bicyclic) bond motifs is 1. The number of likely N-dealkylation sites (N-methyl/N-ethyl adjacent to an activating group) is 1. The van der Waals surface area contributed by atoms with E-state index in [1.165, 1.54) is 5.56 Å². The van der Waals surface area contributed by atoms with E-state index in [1.54, 1.807) is 6.33 Å². The molecule has 0 saturated carbocycles. The Kier molecular flexibility index (Phi) is 7.93. The van der Waals surface area contributed by atoms with Crippen molar-refractivity contribution in [1.82, 2.24) is 29.7 Å². The Morgan fingerprint density at radius 1 is 0.955 bits per heavy atom. The zero-order valence-corrected chi connectivity index (χ0v) is 25.4. The summed E-state index contributed by atoms with van der Waals surface area (Å²) in [6, 6.07) is 23.2. The summed E-state index contributed by atoms with van der Waals surface area (Å²) in [6.45, 7) is 6.44. The number of imidazole rings is 1. The van der Waals surface area contributed by atoms with Crippen LogP contribution in [0.15, 0.2) is 79.3 Å². The summed E-state index contributed by atoms with van der Waals surface area (Å²) in [6.07, 6.45) is 6.59. The molecule has 224 valence electrons. The number of likely N-dealkylation sites (tertiary alicyclic amines) is 2. The van der Waals surface area contributed by atoms with Crippen molar-refractivity contribution in [3.8, 4) is 33.8 Å². The minimum Gasteiger partial charge on any atom is -0.461 e. The number of hydrogen-bond acceptors (Lipinski definition) is 7. The molecule has 0 bridgehead atoms. The molecular formula is C36H38N6O2. The van der Waals surface area contributed by atoms with Crippen molar-refractivity contribution in [3.63, 3.8) is 0 Å². The lowest BCUT2D eigenvalue weighted by Gasteiger charge is -2.32. The number of benzene rings is 2. The molecule has 2 fully saturated rings. The van der Waals surface area contributed by atoms with Gasteiger partial charge in [-0.2, -0.15) is 0 Å². The van der Waals surface area contributed by atoms with Crippen LogP contribution in [0.4, 0.5) is 0 Å². The van der Waals surface area contributed by atoms with Crippen LogP contribution in [-0.4, -0.2) is 75.0 Å². The zero-order valence-electron chi connectivity index (χ0n) is 25.4. The Hall–Kier alpha value is -4.40. The summed E-state index contributed by atoms with van der Waals surface area (Å²) in [7, 11) is 2.08. The van der Waals surface area contributed by atoms with Crippen molar-refractivity contribution >= 4 is 16.9 Å². The van der Waals surface area contributed by atoms with Gasteiger partial charge in [-0.15, -0.1) is 0 Å². The van der Waals surface area contributed by atoms with E-state index in [4.69, 9.17) is 9.72 Å². The van der Waals surface area contributed by atoms with Gasteiger partial charge in [0.05, 0.1) is 34.8 Å². The highest BCUT2D eigenvalue weighted by molar-refractivity contribution is 5.89. The monoisotopic (exact) mass is 586 g/mol. The molecule has 1 N–H and O–H groups in total. The number of esters is 1. The van der Waals surface area contributed by atoms with Gasteiger partial charge in [0, 0.05) is 54.6 Å². The van der Waals surface area contributed by atoms with Crippen molar-refractivity contribution in [2.45, 2.75) is 38.8 Å². The second-order valence-corrected chi connectivity index (χ2v) is 12.3. The Balaban J connectivity index is 1.04. The summed E-state index contributed by atoms with van der Waals surface area (Å²) in [4.78, 5) is 34.8. The van der Waals surface area contributed by atoms with E-state index in [1.807, 2.05) is 37.4 Å². The number of aromatic nitrogens is 4. The molecule has 5 aromatic rings. The van der Waals surface area contributed by atoms with Crippen LogP contribution in [0.3, 0.4) is 0 Å². The van der Waals surface area contributed by atoms with Crippen LogP contribution in [0, 0.1) is 12.8 Å². The third kappa shape index (κ3) is 6.14. The number of carbonyl (C=O) groups is 1. The molecule has 44 heavy (non-hydrogen) atoms. The van der Waals surface area contributed by atoms with Crippen molar-refractivity contribution < 1.29 is 9.53 Å². The Morgan fingerprint density at radius 3 is 2.61 bits per heavy atom. The third-order valence-corrected chi connectivity index (χ3v) is 8.90. The maximum Gasteiger partial charge on any atom is 0.310 e. The lowest BCUT2D eigenvalue weighted by molar-refractivity contribution is -0.155. The minimum absolute atomic E-state index is 0.0207. The zero-order chi connectivity index (χ0) is 30.0. The van der Waals surface area contributed by atoms with Gasteiger partial charge in [-0.05, 0) is 81.2 Å². The predicted octanol–water partition coefficient (Wildman–Crippen LogP) is 6.12. The number of nitrogens with zero attached hydrogens (tertiary/aromatic N) is 5. The molecule has 5 heterocycles. The van der Waals surface area contributed by atoms with Crippen molar-refractivity contribution in [3.05, 3.63) is 90.5 Å². The Labute approximate surface area is 258 Å². The van der Waals surface area contributed by atoms with Gasteiger partial charge >= 0.3 is 5.97 Å². The second-order valence-electron chi connectivity index (χ2n) is 12.3. The van der Waals surface area contributed by atoms with E-state index in [0.717, 1.165) is 102 Å². The molecule has 8 nitrogen and oxygen atoms in total. The number of H-pyrrole nitrogens is 1. The summed E-state index contributed by atoms with van der Waals surface area (Å²) < 4.78 is 5.85. The van der Waals surface area contributed by atoms with E-state index >= 15 is 0 Å². The molecule has 2 aliphatic rings. The summed E-state index contributed by atoms with van der Waals surface area (Å²) in [5, 5.41) is 1.06. The highest BCUT2D eigenvalue weighted by Crippen LogP contribution is 2.31. The molecule has 0 spiro atoms. The van der Waals surface area contributed by atoms with Crippen molar-refractivity contribution in [2.75, 3.05) is 33.2 Å². The number of aryl methyl sites for hydroxylation is 1. The SMILES string of the molecule is Cc1cccc(-c2[nH]cnc2-c2ccc3ncc(-c4ccc(CN5CCCC(C(=O)OC6CCN(C)C6)C5)cc4)cc3c2)n1. The molecule has 2 aromatic carbocycles. The Morgan fingerprint density at radius 2 is 1.80 bits per heavy atom. The number of pyridine rings is 2. The van der Waals surface area contributed by atoms with E-state index in [-0.39, 0.29) is 18.0 Å². The fourth-order valence-electron chi connectivity index (χ4n) is 6.53. The summed E-state index contributed by atoms with van der Waals surface area (Å²) in [5.74, 6) is -0.0548. The predicted molar refractivity (Wildman–Crippen MR) is 173 cm³/mol. The van der Waals surface area contributed by atoms with Gasteiger partial charge in [-0.25, -0.2) is 4.98 Å². The first kappa shape index (κ1) is 28.4. The average molecular weight is 587 g/mol. The van der Waals surface area contributed by atoms with E-state index in [0.29, 0.717) is 0 Å². The highest BCUT2D eigenvalue weighted by atomic mass is 16.5. The van der Waals surface area contributed by atoms with E-state index in [9.17, 15) is 4.79 Å². The maximum atomic E-state index is 12.9. The Bertz CT molecular complexity index is 1780. The number of ether oxygens (including phenoxy) is 1. The second kappa shape index (κ2) is 12.3. The van der Waals surface area contributed by atoms with E-state index in [2.05, 4.69) is 74.3 Å². The lowest BCUT2D eigenvalue weighted by Crippen LogP contribution is -2.40. The number of hydrogen-bond donors (Lipinski definition) is 1. The average Bonchev–Trinajstić information content (AvgIpc) is 3.70. The molecular weight excluding hydrogens is 548 g/mol. The normalized spacial score (nSPS) is 19.4. The van der Waals surface area contributed by atoms with Crippen LogP contribution in [-0.2, 0) is 16.1 Å². The van der Waals surface area contributed by atoms with Crippen LogP contribution in [0.1, 0.15) is 30.5 Å². The van der Waals surface area contributed by atoms with Crippen molar-refractivity contribution in [2.24, 2.45) is 5.92 Å². The van der Waals surface area contributed by atoms with Gasteiger partial charge < -0.3 is 14.6 Å². The fraction of sp³-hybridized carbons (Fsp3) is 0.333. The van der Waals surface area contributed by atoms with Gasteiger partial charge in [-0.1, -0.05) is 36.4 Å². The summed E-state index contributed by atoms with van der Waals surface area (Å²) in [5.41, 5.74) is 9.03. The standard InChI is InChI=1S/C36H38N6O2/c1-24-5-3-7-33(40-24)35-34(38-23-39-35)27-12-13-32-29(17-27)18-30(19-37-32)26-10-8-25(9-11-26)20-42-15-4-6-28(21-42)36(43)44-31-14-16-41(2)22-31/h3,5,7-13,17-19,23,28,31H,4,6,14-16,20-22H2,1-2H3,(H,38,39). The minimum atomic E-state index is -0.0342. The first-order valence-electron chi connectivity index (χ1n) is 15.6. The molecule has 0 amide bonds. The van der Waals surface area contributed by atoms with Crippen molar-refractivity contribution in [1.29, 1.82) is 0 Å². The largest absolute Gasteiger partial charge is 0.461 e. The molecule has 0 radical (unpaired) electrons. The molecule has 2 unspecified atom stereocenters. The van der Waals surface area contributed by atoms with Gasteiger partial charge in [0.25, 0.3) is 0 Å². The molecule has 7 rings (SSSR count).